The standard InChI is InChI=1S/C16H22N2O14P2/c1-7-5-18(16(23)17-15(7)22)12-3-9(19)11(30-12)6-28-33(24,25)32-34(26,27)31-13-4-10(20)14(21)8(2)29-13/h4-5,8-9,11-13,19-20H,3,6H2,1-2H3,(H,24,25)(H,26,27)(H,17,22,23)/p-3/t8-,9+,11-,12-,13-/m1/s1. The Bertz CT molecular complexity index is 1190. The molecule has 2 N–H and O–H groups in total. The lowest BCUT2D eigenvalue weighted by molar-refractivity contribution is -0.307. The maximum Gasteiger partial charge on any atom is 0.330 e. The number of ketones is 1. The number of nitrogens with one attached hydrogen (secondary N) is 1. The molecule has 0 amide bonds. The van der Waals surface area contributed by atoms with E-state index in [9.17, 15) is 43.5 Å². The van der Waals surface area contributed by atoms with Crippen LogP contribution in [0.2, 0.25) is 0 Å². The van der Waals surface area contributed by atoms with Crippen molar-refractivity contribution in [3.05, 3.63) is 44.4 Å². The van der Waals surface area contributed by atoms with E-state index < -0.39 is 75.9 Å². The van der Waals surface area contributed by atoms with Crippen molar-refractivity contribution in [1.82, 2.24) is 9.55 Å². The van der Waals surface area contributed by atoms with E-state index in [4.69, 9.17) is 9.47 Å². The van der Waals surface area contributed by atoms with Gasteiger partial charge in [0, 0.05) is 18.2 Å². The SMILES string of the molecule is Cc1cn([C@H]2C[C@H](O)[C@@H](COP(=O)([O-])OP(=O)([O-])O[C@@H]3C=C([O-])C(=O)[C@@H](C)O3)O2)c(=O)[nH]c1=O. The van der Waals surface area contributed by atoms with Crippen LogP contribution in [0, 0.1) is 6.92 Å². The molecule has 2 aliphatic heterocycles. The third-order valence-corrected chi connectivity index (χ3v) is 7.26. The summed E-state index contributed by atoms with van der Waals surface area (Å²) in [7, 11) is -11.3. The summed E-state index contributed by atoms with van der Waals surface area (Å²) in [6.07, 6.45) is -5.45. The van der Waals surface area contributed by atoms with Crippen molar-refractivity contribution in [2.75, 3.05) is 6.61 Å². The number of phosphoric ester groups is 2. The molecule has 3 heterocycles. The molecule has 18 heteroatoms. The number of Topliss-reactive ketones (excluding diaryl/α,β-unsaturated/α-hetero) is 1. The Morgan fingerprint density at radius 3 is 2.56 bits per heavy atom. The van der Waals surface area contributed by atoms with Crippen LogP contribution in [-0.4, -0.2) is 51.6 Å². The summed E-state index contributed by atoms with van der Waals surface area (Å²) >= 11 is 0. The molecule has 0 spiro atoms. The van der Waals surface area contributed by atoms with Gasteiger partial charge in [-0.15, -0.1) is 0 Å². The minimum absolute atomic E-state index is 0.174. The van der Waals surface area contributed by atoms with Crippen molar-refractivity contribution >= 4 is 21.4 Å². The van der Waals surface area contributed by atoms with Gasteiger partial charge in [0.05, 0.1) is 12.7 Å². The van der Waals surface area contributed by atoms with E-state index in [1.807, 2.05) is 4.98 Å². The second-order valence-electron chi connectivity index (χ2n) is 7.33. The molecule has 3 rings (SSSR count). The Kier molecular flexibility index (Phi) is 7.79. The monoisotopic (exact) mass is 525 g/mol. The van der Waals surface area contributed by atoms with E-state index in [1.54, 1.807) is 0 Å². The largest absolute Gasteiger partial charge is 0.870 e. The smallest absolute Gasteiger partial charge is 0.330 e. The number of carbonyl (C=O) groups excluding carboxylic acids is 1. The van der Waals surface area contributed by atoms with Crippen molar-refractivity contribution < 1.29 is 56.8 Å². The Morgan fingerprint density at radius 1 is 1.24 bits per heavy atom. The molecule has 16 nitrogen and oxygen atoms in total. The number of aryl methyl sites for hydroxylation is 1. The number of rotatable bonds is 8. The molecule has 0 bridgehead atoms. The van der Waals surface area contributed by atoms with Gasteiger partial charge in [0.15, 0.2) is 12.1 Å². The van der Waals surface area contributed by atoms with Gasteiger partial charge in [0.25, 0.3) is 21.2 Å². The first-order chi connectivity index (χ1) is 15.7. The van der Waals surface area contributed by atoms with E-state index in [0.29, 0.717) is 6.08 Å². The van der Waals surface area contributed by atoms with E-state index in [-0.39, 0.29) is 12.0 Å². The average molecular weight is 525 g/mol. The van der Waals surface area contributed by atoms with Gasteiger partial charge in [-0.1, -0.05) is 5.76 Å². The minimum atomic E-state index is -5.66. The molecule has 2 aliphatic rings. The summed E-state index contributed by atoms with van der Waals surface area (Å²) in [5, 5.41) is 21.5. The lowest BCUT2D eigenvalue weighted by Gasteiger charge is -2.35. The van der Waals surface area contributed by atoms with E-state index in [2.05, 4.69) is 13.4 Å². The fourth-order valence-electron chi connectivity index (χ4n) is 3.06. The summed E-state index contributed by atoms with van der Waals surface area (Å²) in [6, 6.07) is 0. The molecule has 190 valence electrons. The fraction of sp³-hybridized carbons (Fsp3) is 0.562. The van der Waals surface area contributed by atoms with Crippen molar-refractivity contribution in [1.29, 1.82) is 0 Å². The van der Waals surface area contributed by atoms with Gasteiger partial charge in [-0.25, -0.2) is 9.11 Å². The number of hydrogen-bond donors (Lipinski definition) is 2. The average Bonchev–Trinajstić information content (AvgIpc) is 3.06. The fourth-order valence-corrected chi connectivity index (χ4v) is 5.07. The Morgan fingerprint density at radius 2 is 1.91 bits per heavy atom. The van der Waals surface area contributed by atoms with Crippen LogP contribution in [0.25, 0.3) is 0 Å². The maximum absolute atomic E-state index is 12.0. The third kappa shape index (κ3) is 6.37. The number of hydrogen-bond acceptors (Lipinski definition) is 14. The van der Waals surface area contributed by atoms with Gasteiger partial charge in [0.1, 0.15) is 18.4 Å². The van der Waals surface area contributed by atoms with Gasteiger partial charge in [-0.05, 0) is 19.9 Å². The van der Waals surface area contributed by atoms with E-state index in [1.165, 1.54) is 13.1 Å². The van der Waals surface area contributed by atoms with Crippen molar-refractivity contribution in [2.45, 2.75) is 51.1 Å². The van der Waals surface area contributed by atoms with Gasteiger partial charge < -0.3 is 34.0 Å². The molecule has 2 unspecified atom stereocenters. The minimum Gasteiger partial charge on any atom is -0.870 e. The van der Waals surface area contributed by atoms with Crippen LogP contribution in [0.4, 0.5) is 0 Å². The zero-order valence-corrected chi connectivity index (χ0v) is 19.3. The van der Waals surface area contributed by atoms with Crippen LogP contribution in [-0.2, 0) is 36.8 Å². The second-order valence-corrected chi connectivity index (χ2v) is 10.2. The first kappa shape index (κ1) is 26.6. The number of ether oxygens (including phenoxy) is 2. The van der Waals surface area contributed by atoms with Crippen LogP contribution in [0.1, 0.15) is 25.1 Å². The van der Waals surface area contributed by atoms with Gasteiger partial charge >= 0.3 is 5.69 Å². The van der Waals surface area contributed by atoms with Crippen molar-refractivity contribution in [3.8, 4) is 0 Å². The summed E-state index contributed by atoms with van der Waals surface area (Å²) in [4.78, 5) is 60.7. The molecule has 1 aromatic rings. The van der Waals surface area contributed by atoms with Crippen LogP contribution in [0.3, 0.4) is 0 Å². The molecular weight excluding hydrogens is 506 g/mol. The van der Waals surface area contributed by atoms with Crippen LogP contribution in [0.15, 0.2) is 27.6 Å². The summed E-state index contributed by atoms with van der Waals surface area (Å²) in [6.45, 7) is 1.69. The maximum atomic E-state index is 12.0. The molecule has 0 aromatic carbocycles. The second kappa shape index (κ2) is 9.95. The van der Waals surface area contributed by atoms with Gasteiger partial charge in [-0.3, -0.25) is 32.8 Å². The first-order valence-electron chi connectivity index (χ1n) is 9.58. The predicted octanol–water partition coefficient (Wildman–Crippen LogP) is -2.96. The third-order valence-electron chi connectivity index (χ3n) is 4.73. The summed E-state index contributed by atoms with van der Waals surface area (Å²) in [5.41, 5.74) is -1.26. The molecule has 0 radical (unpaired) electrons. The highest BCUT2D eigenvalue weighted by molar-refractivity contribution is 7.59. The zero-order chi connectivity index (χ0) is 25.4. The highest BCUT2D eigenvalue weighted by Gasteiger charge is 2.37. The van der Waals surface area contributed by atoms with E-state index >= 15 is 0 Å². The molecule has 7 atom stereocenters. The molecule has 0 aliphatic carbocycles. The number of phosphoric acid groups is 2. The Balaban J connectivity index is 1.59. The molecule has 0 saturated carbocycles. The zero-order valence-electron chi connectivity index (χ0n) is 17.6. The summed E-state index contributed by atoms with van der Waals surface area (Å²) in [5.74, 6) is -2.05. The number of aromatic amines is 1. The molecular formula is C16H19N2O14P2-3. The number of aliphatic hydroxyl groups is 1. The predicted molar refractivity (Wildman–Crippen MR) is 101 cm³/mol. The summed E-state index contributed by atoms with van der Waals surface area (Å²) < 4.78 is 47.7. The van der Waals surface area contributed by atoms with Gasteiger partial charge in [0.2, 0.25) is 0 Å². The van der Waals surface area contributed by atoms with Gasteiger partial charge in [-0.2, -0.15) is 0 Å². The lowest BCUT2D eigenvalue weighted by Crippen LogP contribution is -2.38. The number of aromatic nitrogens is 2. The number of nitrogens with zero attached hydrogens (tertiary/aromatic N) is 1. The first-order valence-corrected chi connectivity index (χ1v) is 12.5. The lowest BCUT2D eigenvalue weighted by atomic mass is 10.2. The molecule has 1 saturated heterocycles. The van der Waals surface area contributed by atoms with E-state index in [0.717, 1.165) is 11.5 Å². The molecule has 34 heavy (non-hydrogen) atoms. The Hall–Kier alpha value is -1.97. The Labute approximate surface area is 190 Å². The molecule has 1 fully saturated rings. The van der Waals surface area contributed by atoms with Crippen LogP contribution in [0.5, 0.6) is 0 Å². The number of H-pyrrole nitrogens is 1. The highest BCUT2D eigenvalue weighted by Crippen LogP contribution is 2.56. The normalized spacial score (nSPS) is 31.0. The number of carbonyl (C=O) groups is 1. The molecule has 1 aromatic heterocycles. The van der Waals surface area contributed by atoms with Crippen LogP contribution < -0.4 is 26.1 Å². The van der Waals surface area contributed by atoms with Crippen LogP contribution >= 0.6 is 15.6 Å². The topological polar surface area (TPSA) is 242 Å². The highest BCUT2D eigenvalue weighted by atomic mass is 31.3. The van der Waals surface area contributed by atoms with Crippen molar-refractivity contribution in [2.24, 2.45) is 0 Å². The van der Waals surface area contributed by atoms with Crippen molar-refractivity contribution in [3.63, 3.8) is 0 Å². The quantitative estimate of drug-likeness (QED) is 0.322. The number of aliphatic hydroxyl groups excluding tert-OH is 1.